The van der Waals surface area contributed by atoms with Gasteiger partial charge in [-0.3, -0.25) is 9.69 Å². The molecule has 0 N–H and O–H groups in total. The van der Waals surface area contributed by atoms with Crippen LogP contribution >= 0.6 is 0 Å². The minimum atomic E-state index is -2.87. The molecule has 144 valence electrons. The van der Waals surface area contributed by atoms with Gasteiger partial charge in [-0.05, 0) is 43.7 Å². The van der Waals surface area contributed by atoms with Crippen LogP contribution in [0, 0.1) is 6.92 Å². The summed E-state index contributed by atoms with van der Waals surface area (Å²) in [5, 5.41) is 4.28. The highest BCUT2D eigenvalue weighted by Crippen LogP contribution is 2.20. The van der Waals surface area contributed by atoms with Crippen molar-refractivity contribution >= 4 is 15.7 Å². The van der Waals surface area contributed by atoms with E-state index in [1.807, 2.05) is 46.8 Å². The highest BCUT2D eigenvalue weighted by atomic mass is 32.2. The SMILES string of the molecule is Cc1ccnn1-c1ccc(C(=O)N2CCN([C@@H]3CCS(=O)(=O)C3)CC2)cc1. The van der Waals surface area contributed by atoms with Crippen LogP contribution in [0.4, 0.5) is 0 Å². The molecule has 0 radical (unpaired) electrons. The van der Waals surface area contributed by atoms with Crippen LogP contribution < -0.4 is 0 Å². The Morgan fingerprint density at radius 3 is 2.33 bits per heavy atom. The van der Waals surface area contributed by atoms with Gasteiger partial charge >= 0.3 is 0 Å². The van der Waals surface area contributed by atoms with Crippen molar-refractivity contribution < 1.29 is 13.2 Å². The van der Waals surface area contributed by atoms with Gasteiger partial charge in [0.05, 0.1) is 17.2 Å². The maximum atomic E-state index is 12.8. The Morgan fingerprint density at radius 2 is 1.78 bits per heavy atom. The van der Waals surface area contributed by atoms with Gasteiger partial charge in [-0.2, -0.15) is 5.10 Å². The Morgan fingerprint density at radius 1 is 1.07 bits per heavy atom. The first-order valence-corrected chi connectivity index (χ1v) is 11.1. The number of hydrogen-bond donors (Lipinski definition) is 0. The number of benzene rings is 1. The number of aryl methyl sites for hydroxylation is 1. The van der Waals surface area contributed by atoms with Crippen molar-refractivity contribution in [2.75, 3.05) is 37.7 Å². The van der Waals surface area contributed by atoms with Gasteiger partial charge < -0.3 is 4.90 Å². The molecule has 0 bridgehead atoms. The third kappa shape index (κ3) is 3.77. The lowest BCUT2D eigenvalue weighted by atomic mass is 10.1. The summed E-state index contributed by atoms with van der Waals surface area (Å²) >= 11 is 0. The van der Waals surface area contributed by atoms with E-state index >= 15 is 0 Å². The Labute approximate surface area is 159 Å². The van der Waals surface area contributed by atoms with E-state index in [1.165, 1.54) is 0 Å². The molecule has 3 heterocycles. The van der Waals surface area contributed by atoms with E-state index in [4.69, 9.17) is 0 Å². The first kappa shape index (κ1) is 18.2. The summed E-state index contributed by atoms with van der Waals surface area (Å²) < 4.78 is 25.2. The van der Waals surface area contributed by atoms with E-state index < -0.39 is 9.84 Å². The van der Waals surface area contributed by atoms with Gasteiger partial charge in [0, 0.05) is 49.7 Å². The molecule has 4 rings (SSSR count). The van der Waals surface area contributed by atoms with E-state index in [9.17, 15) is 13.2 Å². The minimum absolute atomic E-state index is 0.0254. The monoisotopic (exact) mass is 388 g/mol. The predicted molar refractivity (Wildman–Crippen MR) is 103 cm³/mol. The average molecular weight is 388 g/mol. The highest BCUT2D eigenvalue weighted by molar-refractivity contribution is 7.91. The highest BCUT2D eigenvalue weighted by Gasteiger charge is 2.34. The molecular formula is C19H24N4O3S. The van der Waals surface area contributed by atoms with Gasteiger partial charge in [0.2, 0.25) is 0 Å². The van der Waals surface area contributed by atoms with E-state index in [1.54, 1.807) is 6.20 Å². The van der Waals surface area contributed by atoms with E-state index in [2.05, 4.69) is 10.00 Å². The van der Waals surface area contributed by atoms with Crippen LogP contribution in [0.5, 0.6) is 0 Å². The second kappa shape index (κ2) is 7.09. The zero-order valence-corrected chi connectivity index (χ0v) is 16.2. The third-order valence-corrected chi connectivity index (χ3v) is 7.27. The first-order chi connectivity index (χ1) is 12.9. The van der Waals surface area contributed by atoms with E-state index in [-0.39, 0.29) is 17.7 Å². The zero-order chi connectivity index (χ0) is 19.0. The summed E-state index contributed by atoms with van der Waals surface area (Å²) in [4.78, 5) is 16.9. The fourth-order valence-corrected chi connectivity index (χ4v) is 5.68. The summed E-state index contributed by atoms with van der Waals surface area (Å²) in [5.41, 5.74) is 2.64. The van der Waals surface area contributed by atoms with Crippen LogP contribution in [0.3, 0.4) is 0 Å². The maximum Gasteiger partial charge on any atom is 0.253 e. The largest absolute Gasteiger partial charge is 0.336 e. The fraction of sp³-hybridized carbons (Fsp3) is 0.474. The Bertz CT molecular complexity index is 928. The molecule has 1 aromatic heterocycles. The van der Waals surface area contributed by atoms with E-state index in [0.29, 0.717) is 30.8 Å². The van der Waals surface area contributed by atoms with Gasteiger partial charge in [-0.25, -0.2) is 13.1 Å². The summed E-state index contributed by atoms with van der Waals surface area (Å²) in [6.07, 6.45) is 2.47. The quantitative estimate of drug-likeness (QED) is 0.788. The van der Waals surface area contributed by atoms with Crippen LogP contribution in [-0.2, 0) is 9.84 Å². The molecule has 0 unspecified atom stereocenters. The van der Waals surface area contributed by atoms with Gasteiger partial charge in [-0.1, -0.05) is 0 Å². The number of aromatic nitrogens is 2. The molecule has 7 nitrogen and oxygen atoms in total. The molecule has 27 heavy (non-hydrogen) atoms. The van der Waals surface area contributed by atoms with Crippen molar-refractivity contribution in [3.63, 3.8) is 0 Å². The first-order valence-electron chi connectivity index (χ1n) is 9.28. The molecule has 1 aromatic carbocycles. The molecule has 2 saturated heterocycles. The van der Waals surface area contributed by atoms with Gasteiger partial charge in [0.25, 0.3) is 5.91 Å². The second-order valence-corrected chi connectivity index (χ2v) is 9.55. The number of rotatable bonds is 3. The molecule has 0 aliphatic carbocycles. The number of carbonyl (C=O) groups excluding carboxylic acids is 1. The average Bonchev–Trinajstić information content (AvgIpc) is 3.26. The molecular weight excluding hydrogens is 364 g/mol. The lowest BCUT2D eigenvalue weighted by Crippen LogP contribution is -2.52. The van der Waals surface area contributed by atoms with Crippen LogP contribution in [0.25, 0.3) is 5.69 Å². The zero-order valence-electron chi connectivity index (χ0n) is 15.4. The molecule has 2 aliphatic heterocycles. The lowest BCUT2D eigenvalue weighted by molar-refractivity contribution is 0.0588. The topological polar surface area (TPSA) is 75.5 Å². The fourth-order valence-electron chi connectivity index (χ4n) is 3.92. The van der Waals surface area contributed by atoms with Crippen LogP contribution in [-0.4, -0.2) is 77.6 Å². The van der Waals surface area contributed by atoms with Crippen molar-refractivity contribution in [2.45, 2.75) is 19.4 Å². The van der Waals surface area contributed by atoms with Crippen molar-refractivity contribution in [3.8, 4) is 5.69 Å². The molecule has 1 atom stereocenters. The van der Waals surface area contributed by atoms with Crippen LogP contribution in [0.2, 0.25) is 0 Å². The van der Waals surface area contributed by atoms with Crippen molar-refractivity contribution in [2.24, 2.45) is 0 Å². The molecule has 0 spiro atoms. The van der Waals surface area contributed by atoms with Crippen LogP contribution in [0.1, 0.15) is 22.5 Å². The van der Waals surface area contributed by atoms with Crippen molar-refractivity contribution in [1.82, 2.24) is 19.6 Å². The molecule has 2 fully saturated rings. The van der Waals surface area contributed by atoms with Gasteiger partial charge in [-0.15, -0.1) is 0 Å². The third-order valence-electron chi connectivity index (χ3n) is 5.52. The maximum absolute atomic E-state index is 12.8. The summed E-state index contributed by atoms with van der Waals surface area (Å²) in [7, 11) is -2.87. The molecule has 2 aliphatic rings. The van der Waals surface area contributed by atoms with Gasteiger partial charge in [0.1, 0.15) is 0 Å². The van der Waals surface area contributed by atoms with Crippen molar-refractivity contribution in [1.29, 1.82) is 0 Å². The summed E-state index contributed by atoms with van der Waals surface area (Å²) in [5.74, 6) is 0.575. The summed E-state index contributed by atoms with van der Waals surface area (Å²) in [6.45, 7) is 4.72. The van der Waals surface area contributed by atoms with Gasteiger partial charge in [0.15, 0.2) is 9.84 Å². The number of hydrogen-bond acceptors (Lipinski definition) is 5. The van der Waals surface area contributed by atoms with Crippen LogP contribution in [0.15, 0.2) is 36.5 Å². The lowest BCUT2D eigenvalue weighted by Gasteiger charge is -2.37. The molecule has 8 heteroatoms. The Hall–Kier alpha value is -2.19. The molecule has 0 saturated carbocycles. The normalized spacial score (nSPS) is 22.9. The predicted octanol–water partition coefficient (Wildman–Crippen LogP) is 1.13. The number of amides is 1. The second-order valence-electron chi connectivity index (χ2n) is 7.32. The number of sulfone groups is 1. The Kier molecular flexibility index (Phi) is 4.77. The standard InChI is InChI=1S/C19H24N4O3S/c1-15-6-8-20-23(15)17-4-2-16(3-5-17)19(24)22-11-9-21(10-12-22)18-7-13-27(25,26)14-18/h2-6,8,18H,7,9-14H2,1H3/t18-/m1/s1. The summed E-state index contributed by atoms with van der Waals surface area (Å²) in [6, 6.07) is 9.56. The Balaban J connectivity index is 1.37. The number of carbonyl (C=O) groups is 1. The van der Waals surface area contributed by atoms with E-state index in [0.717, 1.165) is 24.5 Å². The molecule has 2 aromatic rings. The molecule has 1 amide bonds. The smallest absolute Gasteiger partial charge is 0.253 e. The number of piperazine rings is 1. The minimum Gasteiger partial charge on any atom is -0.336 e. The van der Waals surface area contributed by atoms with Crippen molar-refractivity contribution in [3.05, 3.63) is 47.8 Å². The number of nitrogens with zero attached hydrogens (tertiary/aromatic N) is 4.